The molecular weight excluding hydrogens is 446 g/mol. The van der Waals surface area contributed by atoms with Crippen molar-refractivity contribution >= 4 is 58.3 Å². The van der Waals surface area contributed by atoms with Gasteiger partial charge in [0.05, 0.1) is 15.7 Å². The number of carbonyl (C=O) groups excluding carboxylic acids is 3. The summed E-state index contributed by atoms with van der Waals surface area (Å²) >= 11 is 17.8. The molecular formula is C18H14Cl3FN4O3. The van der Waals surface area contributed by atoms with Gasteiger partial charge < -0.3 is 5.32 Å². The van der Waals surface area contributed by atoms with Crippen LogP contribution in [-0.4, -0.2) is 29.3 Å². The fourth-order valence-electron chi connectivity index (χ4n) is 2.80. The van der Waals surface area contributed by atoms with Crippen LogP contribution in [0.1, 0.15) is 12.5 Å². The second-order valence-electron chi connectivity index (χ2n) is 6.37. The van der Waals surface area contributed by atoms with E-state index in [4.69, 9.17) is 34.8 Å². The van der Waals surface area contributed by atoms with Gasteiger partial charge in [-0.05, 0) is 36.8 Å². The molecule has 4 amide bonds. The predicted octanol–water partition coefficient (Wildman–Crippen LogP) is 3.70. The molecule has 0 bridgehead atoms. The molecule has 29 heavy (non-hydrogen) atoms. The summed E-state index contributed by atoms with van der Waals surface area (Å²) in [6, 6.07) is 7.24. The lowest BCUT2D eigenvalue weighted by Gasteiger charge is -2.22. The van der Waals surface area contributed by atoms with Gasteiger partial charge in [-0.2, -0.15) is 0 Å². The van der Waals surface area contributed by atoms with Crippen LogP contribution in [0.2, 0.25) is 15.1 Å². The number of carbonyl (C=O) groups is 3. The third-order valence-corrected chi connectivity index (χ3v) is 5.15. The molecule has 1 fully saturated rings. The maximum atomic E-state index is 13.2. The molecule has 1 saturated heterocycles. The number of halogens is 4. The molecule has 1 atom stereocenters. The molecule has 0 saturated carbocycles. The number of nitrogens with zero attached hydrogens (tertiary/aromatic N) is 1. The molecule has 152 valence electrons. The number of hydrogen-bond donors (Lipinski definition) is 3. The van der Waals surface area contributed by atoms with Gasteiger partial charge in [-0.3, -0.25) is 25.3 Å². The van der Waals surface area contributed by atoms with Gasteiger partial charge in [-0.15, -0.1) is 0 Å². The summed E-state index contributed by atoms with van der Waals surface area (Å²) in [7, 11) is 0. The van der Waals surface area contributed by atoms with Crippen molar-refractivity contribution in [1.29, 1.82) is 0 Å². The molecule has 3 N–H and O–H groups in total. The van der Waals surface area contributed by atoms with Crippen LogP contribution < -0.4 is 16.2 Å². The quantitative estimate of drug-likeness (QED) is 0.470. The molecule has 0 radical (unpaired) electrons. The van der Waals surface area contributed by atoms with Crippen LogP contribution in [-0.2, 0) is 15.1 Å². The highest BCUT2D eigenvalue weighted by Gasteiger charge is 2.49. The summed E-state index contributed by atoms with van der Waals surface area (Å²) in [6.45, 7) is 0.918. The van der Waals surface area contributed by atoms with Gasteiger partial charge in [0.15, 0.2) is 0 Å². The Hall–Kier alpha value is -2.55. The van der Waals surface area contributed by atoms with Crippen molar-refractivity contribution in [3.8, 4) is 0 Å². The van der Waals surface area contributed by atoms with Gasteiger partial charge in [0.2, 0.25) is 0 Å². The molecule has 3 rings (SSSR count). The van der Waals surface area contributed by atoms with Crippen LogP contribution in [0.4, 0.5) is 14.9 Å². The Labute approximate surface area is 180 Å². The van der Waals surface area contributed by atoms with Crippen LogP contribution in [0, 0.1) is 5.82 Å². The minimum absolute atomic E-state index is 0.168. The predicted molar refractivity (Wildman–Crippen MR) is 107 cm³/mol. The third-order valence-electron chi connectivity index (χ3n) is 4.33. The molecule has 1 aliphatic heterocycles. The monoisotopic (exact) mass is 458 g/mol. The zero-order chi connectivity index (χ0) is 21.3. The first-order valence-corrected chi connectivity index (χ1v) is 9.35. The normalized spacial score (nSPS) is 18.6. The zero-order valence-corrected chi connectivity index (χ0v) is 17.1. The number of hydrogen-bond acceptors (Lipinski definition) is 4. The van der Waals surface area contributed by atoms with E-state index in [1.165, 1.54) is 43.3 Å². The van der Waals surface area contributed by atoms with Gasteiger partial charge in [-0.1, -0.05) is 46.9 Å². The molecule has 11 heteroatoms. The Morgan fingerprint density at radius 3 is 2.31 bits per heavy atom. The van der Waals surface area contributed by atoms with Crippen LogP contribution in [0.15, 0.2) is 36.4 Å². The number of urea groups is 1. The van der Waals surface area contributed by atoms with E-state index < -0.39 is 35.7 Å². The molecule has 1 heterocycles. The molecule has 1 aliphatic rings. The molecule has 7 nitrogen and oxygen atoms in total. The largest absolute Gasteiger partial charge is 0.325 e. The minimum Gasteiger partial charge on any atom is -0.319 e. The fraction of sp³-hybridized carbons (Fsp3) is 0.167. The lowest BCUT2D eigenvalue weighted by atomic mass is 9.92. The summed E-state index contributed by atoms with van der Waals surface area (Å²) in [5.41, 5.74) is 4.03. The van der Waals surface area contributed by atoms with Crippen molar-refractivity contribution in [3.05, 3.63) is 62.8 Å². The topological polar surface area (TPSA) is 90.5 Å². The van der Waals surface area contributed by atoms with E-state index in [-0.39, 0.29) is 15.7 Å². The van der Waals surface area contributed by atoms with Crippen molar-refractivity contribution in [2.24, 2.45) is 0 Å². The maximum Gasteiger partial charge on any atom is 0.325 e. The summed E-state index contributed by atoms with van der Waals surface area (Å²) in [6.07, 6.45) is 0. The van der Waals surface area contributed by atoms with Gasteiger partial charge in [0, 0.05) is 5.02 Å². The van der Waals surface area contributed by atoms with E-state index in [1.807, 2.05) is 0 Å². The number of hydrazine groups is 1. The highest BCUT2D eigenvalue weighted by Crippen LogP contribution is 2.33. The van der Waals surface area contributed by atoms with Crippen molar-refractivity contribution in [1.82, 2.24) is 15.6 Å². The molecule has 0 aliphatic carbocycles. The smallest absolute Gasteiger partial charge is 0.319 e. The van der Waals surface area contributed by atoms with Crippen molar-refractivity contribution < 1.29 is 18.8 Å². The van der Waals surface area contributed by atoms with Crippen LogP contribution in [0.5, 0.6) is 0 Å². The number of benzene rings is 2. The summed E-state index contributed by atoms with van der Waals surface area (Å²) < 4.78 is 13.2. The Kier molecular flexibility index (Phi) is 5.88. The van der Waals surface area contributed by atoms with E-state index in [0.29, 0.717) is 10.6 Å². The van der Waals surface area contributed by atoms with Gasteiger partial charge in [-0.25, -0.2) is 9.18 Å². The maximum absolute atomic E-state index is 13.2. The van der Waals surface area contributed by atoms with Crippen LogP contribution >= 0.6 is 34.8 Å². The second-order valence-corrected chi connectivity index (χ2v) is 7.62. The van der Waals surface area contributed by atoms with E-state index in [9.17, 15) is 18.8 Å². The molecule has 2 aromatic carbocycles. The third kappa shape index (κ3) is 4.24. The number of rotatable bonds is 5. The Bertz CT molecular complexity index is 979. The van der Waals surface area contributed by atoms with E-state index in [1.54, 1.807) is 0 Å². The van der Waals surface area contributed by atoms with Crippen LogP contribution in [0.3, 0.4) is 0 Å². The van der Waals surface area contributed by atoms with Crippen molar-refractivity contribution in [2.45, 2.75) is 12.5 Å². The first-order valence-electron chi connectivity index (χ1n) is 8.21. The average Bonchev–Trinajstić information content (AvgIpc) is 2.85. The van der Waals surface area contributed by atoms with Gasteiger partial charge in [0.1, 0.15) is 17.9 Å². The Morgan fingerprint density at radius 1 is 1.14 bits per heavy atom. The summed E-state index contributed by atoms with van der Waals surface area (Å²) in [4.78, 5) is 38.0. The zero-order valence-electron chi connectivity index (χ0n) is 14.9. The van der Waals surface area contributed by atoms with E-state index in [2.05, 4.69) is 16.2 Å². The highest BCUT2D eigenvalue weighted by molar-refractivity contribution is 6.41. The fourth-order valence-corrected chi connectivity index (χ4v) is 3.71. The van der Waals surface area contributed by atoms with Crippen molar-refractivity contribution in [3.63, 3.8) is 0 Å². The summed E-state index contributed by atoms with van der Waals surface area (Å²) in [5, 5.41) is 3.18. The first-order chi connectivity index (χ1) is 13.6. The molecule has 0 spiro atoms. The molecule has 2 aromatic rings. The Morgan fingerprint density at radius 2 is 1.72 bits per heavy atom. The average molecular weight is 460 g/mol. The molecule has 1 unspecified atom stereocenters. The van der Waals surface area contributed by atoms with Gasteiger partial charge in [0.25, 0.3) is 11.8 Å². The standard InChI is InChI=1S/C18H14Cl3FN4O3/c1-18(9-2-4-11(22)5-3-9)16(28)26(17(29)23-18)8-14(27)24-25-15-12(20)6-10(19)7-13(15)21/h2-7,25H,8H2,1H3,(H,23,29)(H,24,27). The highest BCUT2D eigenvalue weighted by atomic mass is 35.5. The molecule has 0 aromatic heterocycles. The SMILES string of the molecule is CC1(c2ccc(F)cc2)NC(=O)N(CC(=O)NNc2c(Cl)cc(Cl)cc2Cl)C1=O. The number of amides is 4. The minimum atomic E-state index is -1.42. The lowest BCUT2D eigenvalue weighted by Crippen LogP contribution is -2.44. The summed E-state index contributed by atoms with van der Waals surface area (Å²) in [5.74, 6) is -1.82. The number of anilines is 1. The first kappa shape index (κ1) is 21.2. The lowest BCUT2D eigenvalue weighted by molar-refractivity contribution is -0.134. The van der Waals surface area contributed by atoms with E-state index in [0.717, 1.165) is 4.90 Å². The number of imide groups is 1. The van der Waals surface area contributed by atoms with Crippen molar-refractivity contribution in [2.75, 3.05) is 12.0 Å². The van der Waals surface area contributed by atoms with E-state index >= 15 is 0 Å². The Balaban J connectivity index is 1.69. The van der Waals surface area contributed by atoms with Crippen LogP contribution in [0.25, 0.3) is 0 Å². The second kappa shape index (κ2) is 8.06. The van der Waals surface area contributed by atoms with Gasteiger partial charge >= 0.3 is 6.03 Å². The number of nitrogens with one attached hydrogen (secondary N) is 3.